The maximum Gasteiger partial charge on any atom is 0.313 e. The monoisotopic (exact) mass is 332 g/mol. The predicted molar refractivity (Wildman–Crippen MR) is 91.4 cm³/mol. The van der Waals surface area contributed by atoms with Crippen LogP contribution in [0.25, 0.3) is 0 Å². The second-order valence-corrected chi connectivity index (χ2v) is 6.65. The van der Waals surface area contributed by atoms with Crippen LogP contribution >= 0.6 is 11.3 Å². The summed E-state index contributed by atoms with van der Waals surface area (Å²) in [6, 6.07) is 9.23. The van der Waals surface area contributed by atoms with E-state index in [9.17, 15) is 14.7 Å². The van der Waals surface area contributed by atoms with E-state index in [0.717, 1.165) is 16.0 Å². The Balaban J connectivity index is 1.95. The molecule has 0 saturated heterocycles. The number of rotatable bonds is 4. The van der Waals surface area contributed by atoms with Crippen LogP contribution in [0.4, 0.5) is 5.69 Å². The van der Waals surface area contributed by atoms with E-state index in [4.69, 9.17) is 0 Å². The third-order valence-electron chi connectivity index (χ3n) is 3.49. The first-order chi connectivity index (χ1) is 10.8. The van der Waals surface area contributed by atoms with Gasteiger partial charge in [-0.25, -0.2) is 0 Å². The van der Waals surface area contributed by atoms with E-state index in [1.165, 1.54) is 11.3 Å². The first kappa shape index (κ1) is 17.2. The van der Waals surface area contributed by atoms with Gasteiger partial charge in [0.25, 0.3) is 0 Å². The molecule has 0 fully saturated rings. The number of hydrogen-bond acceptors (Lipinski definition) is 4. The number of anilines is 1. The Morgan fingerprint density at radius 1 is 1.22 bits per heavy atom. The number of aryl methyl sites for hydroxylation is 2. The predicted octanol–water partition coefficient (Wildman–Crippen LogP) is 2.33. The fourth-order valence-corrected chi connectivity index (χ4v) is 2.84. The fourth-order valence-electron chi connectivity index (χ4n) is 2.05. The standard InChI is InChI=1S/C17H20N2O3S/c1-11-6-7-12(2)13(9-11)19-16(21)15(20)18-10-17(3,22)14-5-4-8-23-14/h4-9,22H,10H2,1-3H3,(H,18,20)(H,19,21). The second-order valence-electron chi connectivity index (χ2n) is 5.71. The van der Waals surface area contributed by atoms with Crippen LogP contribution in [0, 0.1) is 13.8 Å². The van der Waals surface area contributed by atoms with Gasteiger partial charge in [0.2, 0.25) is 0 Å². The summed E-state index contributed by atoms with van der Waals surface area (Å²) in [5.41, 5.74) is 1.27. The molecule has 1 heterocycles. The first-order valence-electron chi connectivity index (χ1n) is 7.22. The van der Waals surface area contributed by atoms with Crippen molar-refractivity contribution in [2.24, 2.45) is 0 Å². The molecule has 0 aliphatic heterocycles. The lowest BCUT2D eigenvalue weighted by Gasteiger charge is -2.22. The van der Waals surface area contributed by atoms with Crippen LogP contribution in [0.1, 0.15) is 22.9 Å². The summed E-state index contributed by atoms with van der Waals surface area (Å²) in [5.74, 6) is -1.52. The highest BCUT2D eigenvalue weighted by Crippen LogP contribution is 2.24. The molecule has 23 heavy (non-hydrogen) atoms. The fraction of sp³-hybridized carbons (Fsp3) is 0.294. The normalized spacial score (nSPS) is 13.2. The highest BCUT2D eigenvalue weighted by atomic mass is 32.1. The summed E-state index contributed by atoms with van der Waals surface area (Å²) in [7, 11) is 0. The highest BCUT2D eigenvalue weighted by Gasteiger charge is 2.26. The van der Waals surface area contributed by atoms with Crippen molar-refractivity contribution < 1.29 is 14.7 Å². The van der Waals surface area contributed by atoms with Gasteiger partial charge in [-0.1, -0.05) is 18.2 Å². The molecule has 0 aliphatic carbocycles. The van der Waals surface area contributed by atoms with Crippen LogP contribution in [0.15, 0.2) is 35.7 Å². The van der Waals surface area contributed by atoms with Gasteiger partial charge in [-0.05, 0) is 49.4 Å². The molecule has 6 heteroatoms. The van der Waals surface area contributed by atoms with Gasteiger partial charge < -0.3 is 15.7 Å². The van der Waals surface area contributed by atoms with Gasteiger partial charge in [-0.3, -0.25) is 9.59 Å². The smallest absolute Gasteiger partial charge is 0.313 e. The summed E-state index contributed by atoms with van der Waals surface area (Å²) in [6.45, 7) is 5.33. The number of benzene rings is 1. The molecule has 1 unspecified atom stereocenters. The van der Waals surface area contributed by atoms with Crippen molar-refractivity contribution in [3.8, 4) is 0 Å². The SMILES string of the molecule is Cc1ccc(C)c(NC(=O)C(=O)NCC(C)(O)c2cccs2)c1. The Labute approximate surface area is 139 Å². The molecule has 2 rings (SSSR count). The molecule has 0 spiro atoms. The quantitative estimate of drug-likeness (QED) is 0.752. The molecule has 122 valence electrons. The Morgan fingerprint density at radius 2 is 1.96 bits per heavy atom. The molecular weight excluding hydrogens is 312 g/mol. The van der Waals surface area contributed by atoms with Gasteiger partial charge in [-0.15, -0.1) is 11.3 Å². The molecule has 1 aromatic heterocycles. The van der Waals surface area contributed by atoms with Gasteiger partial charge in [0.1, 0.15) is 5.60 Å². The van der Waals surface area contributed by atoms with Gasteiger partial charge in [0.15, 0.2) is 0 Å². The van der Waals surface area contributed by atoms with Crippen LogP contribution in [0.5, 0.6) is 0 Å². The molecule has 0 radical (unpaired) electrons. The van der Waals surface area contributed by atoms with E-state index in [1.54, 1.807) is 13.0 Å². The Bertz CT molecular complexity index is 709. The summed E-state index contributed by atoms with van der Waals surface area (Å²) in [4.78, 5) is 24.6. The molecule has 0 bridgehead atoms. The van der Waals surface area contributed by atoms with Crippen molar-refractivity contribution in [1.29, 1.82) is 0 Å². The van der Waals surface area contributed by atoms with Crippen molar-refractivity contribution in [2.75, 3.05) is 11.9 Å². The van der Waals surface area contributed by atoms with Crippen LogP contribution in [-0.4, -0.2) is 23.5 Å². The topological polar surface area (TPSA) is 78.4 Å². The molecule has 1 atom stereocenters. The molecule has 2 aromatic rings. The minimum atomic E-state index is -1.21. The molecule has 0 aliphatic rings. The minimum Gasteiger partial charge on any atom is -0.383 e. The average molecular weight is 332 g/mol. The number of hydrogen-bond donors (Lipinski definition) is 3. The van der Waals surface area contributed by atoms with Crippen molar-refractivity contribution in [3.63, 3.8) is 0 Å². The highest BCUT2D eigenvalue weighted by molar-refractivity contribution is 7.10. The van der Waals surface area contributed by atoms with Crippen LogP contribution in [0.3, 0.4) is 0 Å². The lowest BCUT2D eigenvalue weighted by Crippen LogP contribution is -2.43. The van der Waals surface area contributed by atoms with Gasteiger partial charge in [0, 0.05) is 10.6 Å². The number of amides is 2. The van der Waals surface area contributed by atoms with Gasteiger partial charge in [-0.2, -0.15) is 0 Å². The number of carbonyl (C=O) groups is 2. The lowest BCUT2D eigenvalue weighted by atomic mass is 10.1. The number of nitrogens with one attached hydrogen (secondary N) is 2. The van der Waals surface area contributed by atoms with Crippen molar-refractivity contribution in [1.82, 2.24) is 5.32 Å². The summed E-state index contributed by atoms with van der Waals surface area (Å²) >= 11 is 1.39. The average Bonchev–Trinajstić information content (AvgIpc) is 3.03. The van der Waals surface area contributed by atoms with E-state index in [1.807, 2.05) is 43.5 Å². The van der Waals surface area contributed by atoms with E-state index in [-0.39, 0.29) is 6.54 Å². The number of carbonyl (C=O) groups excluding carboxylic acids is 2. The molecular formula is C17H20N2O3S. The molecule has 2 amide bonds. The largest absolute Gasteiger partial charge is 0.383 e. The summed E-state index contributed by atoms with van der Waals surface area (Å²) in [5, 5.41) is 17.2. The van der Waals surface area contributed by atoms with E-state index in [2.05, 4.69) is 10.6 Å². The number of aliphatic hydroxyl groups is 1. The third-order valence-corrected chi connectivity index (χ3v) is 4.62. The minimum absolute atomic E-state index is 0.0352. The van der Waals surface area contributed by atoms with Gasteiger partial charge >= 0.3 is 11.8 Å². The van der Waals surface area contributed by atoms with Crippen molar-refractivity contribution in [2.45, 2.75) is 26.4 Å². The summed E-state index contributed by atoms with van der Waals surface area (Å²) in [6.07, 6.45) is 0. The lowest BCUT2D eigenvalue weighted by molar-refractivity contribution is -0.136. The van der Waals surface area contributed by atoms with Crippen LogP contribution in [0.2, 0.25) is 0 Å². The maximum atomic E-state index is 12.0. The van der Waals surface area contributed by atoms with E-state index < -0.39 is 17.4 Å². The van der Waals surface area contributed by atoms with Crippen LogP contribution in [-0.2, 0) is 15.2 Å². The Kier molecular flexibility index (Phi) is 5.18. The van der Waals surface area contributed by atoms with Crippen LogP contribution < -0.4 is 10.6 Å². The zero-order valence-corrected chi connectivity index (χ0v) is 14.2. The maximum absolute atomic E-state index is 12.0. The summed E-state index contributed by atoms with van der Waals surface area (Å²) < 4.78 is 0. The van der Waals surface area contributed by atoms with Crippen molar-refractivity contribution in [3.05, 3.63) is 51.7 Å². The molecule has 1 aromatic carbocycles. The third kappa shape index (κ3) is 4.40. The second kappa shape index (κ2) is 6.93. The van der Waals surface area contributed by atoms with E-state index in [0.29, 0.717) is 5.69 Å². The molecule has 5 nitrogen and oxygen atoms in total. The van der Waals surface area contributed by atoms with Gasteiger partial charge in [0.05, 0.1) is 6.54 Å². The van der Waals surface area contributed by atoms with Crippen molar-refractivity contribution >= 4 is 28.8 Å². The first-order valence-corrected chi connectivity index (χ1v) is 8.10. The zero-order chi connectivity index (χ0) is 17.0. The Hall–Kier alpha value is -2.18. The Morgan fingerprint density at radius 3 is 2.61 bits per heavy atom. The molecule has 3 N–H and O–H groups in total. The number of thiophene rings is 1. The van der Waals surface area contributed by atoms with E-state index >= 15 is 0 Å². The zero-order valence-electron chi connectivity index (χ0n) is 13.3. The molecule has 0 saturated carbocycles.